The number of amides is 1. The maximum absolute atomic E-state index is 12.4. The van der Waals surface area contributed by atoms with E-state index in [1.165, 1.54) is 5.57 Å². The third-order valence-electron chi connectivity index (χ3n) is 4.67. The Morgan fingerprint density at radius 3 is 2.50 bits per heavy atom. The van der Waals surface area contributed by atoms with Crippen molar-refractivity contribution in [1.82, 2.24) is 0 Å². The zero-order valence-electron chi connectivity index (χ0n) is 12.4. The molecule has 0 fully saturated rings. The van der Waals surface area contributed by atoms with Crippen LogP contribution in [0.4, 0.5) is 5.69 Å². The summed E-state index contributed by atoms with van der Waals surface area (Å²) in [6.45, 7) is 8.11. The lowest BCUT2D eigenvalue weighted by molar-refractivity contribution is -0.115. The molecule has 0 saturated heterocycles. The summed E-state index contributed by atoms with van der Waals surface area (Å²) < 4.78 is 0. The molecule has 0 bridgehead atoms. The number of nitrogens with zero attached hydrogens (tertiary/aromatic N) is 1. The first kappa shape index (κ1) is 13.1. The number of rotatable bonds is 2. The number of Topliss-reactive ketones (excluding diaryl/α,β-unsaturated/α-hetero) is 1. The normalized spacial score (nSPS) is 24.0. The Hall–Kier alpha value is -1.90. The highest BCUT2D eigenvalue weighted by Gasteiger charge is 2.48. The molecule has 1 aromatic carbocycles. The maximum atomic E-state index is 12.4. The van der Waals surface area contributed by atoms with E-state index in [1.54, 1.807) is 4.90 Å². The van der Waals surface area contributed by atoms with Crippen LogP contribution in [0, 0.1) is 6.92 Å². The Balaban J connectivity index is 2.39. The lowest BCUT2D eigenvalue weighted by Gasteiger charge is -2.41. The quantitative estimate of drug-likeness (QED) is 0.771. The Labute approximate surface area is 119 Å². The molecule has 0 saturated carbocycles. The number of carbonyl (C=O) groups excluding carboxylic acids is 2. The van der Waals surface area contributed by atoms with Crippen LogP contribution in [0.3, 0.4) is 0 Å². The van der Waals surface area contributed by atoms with Crippen molar-refractivity contribution in [2.75, 3.05) is 4.90 Å². The molecule has 3 rings (SSSR count). The summed E-state index contributed by atoms with van der Waals surface area (Å²) in [5, 5.41) is 0. The predicted octanol–water partition coefficient (Wildman–Crippen LogP) is 3.50. The minimum absolute atomic E-state index is 0.357. The molecule has 1 aromatic rings. The van der Waals surface area contributed by atoms with E-state index in [0.29, 0.717) is 5.56 Å². The van der Waals surface area contributed by atoms with E-state index in [4.69, 9.17) is 0 Å². The first-order valence-electron chi connectivity index (χ1n) is 7.19. The van der Waals surface area contributed by atoms with Crippen LogP contribution in [-0.2, 0) is 4.79 Å². The Morgan fingerprint density at radius 2 is 1.90 bits per heavy atom. The van der Waals surface area contributed by atoms with Crippen LogP contribution in [0.1, 0.15) is 55.1 Å². The van der Waals surface area contributed by atoms with Crippen molar-refractivity contribution in [3.05, 3.63) is 34.9 Å². The lowest BCUT2D eigenvalue weighted by Crippen LogP contribution is -2.49. The van der Waals surface area contributed by atoms with Crippen LogP contribution in [0.2, 0.25) is 0 Å². The van der Waals surface area contributed by atoms with E-state index in [1.807, 2.05) is 26.0 Å². The van der Waals surface area contributed by atoms with E-state index < -0.39 is 5.54 Å². The van der Waals surface area contributed by atoms with Gasteiger partial charge in [0.1, 0.15) is 0 Å². The van der Waals surface area contributed by atoms with Crippen LogP contribution in [0.25, 0.3) is 5.57 Å². The molecule has 2 aliphatic heterocycles. The van der Waals surface area contributed by atoms with Gasteiger partial charge in [0.2, 0.25) is 0 Å². The summed E-state index contributed by atoms with van der Waals surface area (Å²) in [5.41, 5.74) is 4.20. The predicted molar refractivity (Wildman–Crippen MR) is 80.0 cm³/mol. The van der Waals surface area contributed by atoms with Gasteiger partial charge in [-0.3, -0.25) is 14.5 Å². The number of hydrogen-bond acceptors (Lipinski definition) is 2. The fraction of sp³-hybridized carbons (Fsp3) is 0.412. The molecule has 0 aliphatic carbocycles. The molecule has 0 spiro atoms. The third-order valence-corrected chi connectivity index (χ3v) is 4.67. The summed E-state index contributed by atoms with van der Waals surface area (Å²) in [6, 6.07) is 3.98. The Morgan fingerprint density at radius 1 is 1.20 bits per heavy atom. The molecule has 20 heavy (non-hydrogen) atoms. The van der Waals surface area contributed by atoms with Gasteiger partial charge in [-0.25, -0.2) is 0 Å². The molecular formula is C17H19NO2. The molecule has 0 radical (unpaired) electrons. The minimum Gasteiger partial charge on any atom is -0.295 e. The van der Waals surface area contributed by atoms with E-state index >= 15 is 0 Å². The molecule has 1 atom stereocenters. The standard InChI is InChI=1S/C17H19NO2/c1-5-11-9-17(4,6-2)18-14-12(11)8-7-10(3)13(14)15(19)16(18)20/h7-9H,5-6H2,1-4H3/t17-/m1/s1. The summed E-state index contributed by atoms with van der Waals surface area (Å²) in [4.78, 5) is 26.5. The van der Waals surface area contributed by atoms with Crippen LogP contribution in [0.5, 0.6) is 0 Å². The number of hydrogen-bond donors (Lipinski definition) is 0. The molecule has 0 aromatic heterocycles. The number of ketones is 1. The highest BCUT2D eigenvalue weighted by molar-refractivity contribution is 6.53. The topological polar surface area (TPSA) is 37.4 Å². The largest absolute Gasteiger partial charge is 0.300 e. The third kappa shape index (κ3) is 1.41. The van der Waals surface area contributed by atoms with Crippen molar-refractivity contribution in [3.8, 4) is 0 Å². The summed E-state index contributed by atoms with van der Waals surface area (Å²) >= 11 is 0. The van der Waals surface area contributed by atoms with E-state index in [-0.39, 0.29) is 11.7 Å². The van der Waals surface area contributed by atoms with Crippen LogP contribution < -0.4 is 4.90 Å². The average Bonchev–Trinajstić information content (AvgIpc) is 2.71. The van der Waals surface area contributed by atoms with Crippen molar-refractivity contribution < 1.29 is 9.59 Å². The lowest BCUT2D eigenvalue weighted by atomic mass is 9.84. The van der Waals surface area contributed by atoms with Crippen LogP contribution in [0.15, 0.2) is 18.2 Å². The molecule has 3 nitrogen and oxygen atoms in total. The molecule has 0 unspecified atom stereocenters. The SMILES string of the molecule is CCC1=C[C@@](C)(CC)N2C(=O)C(=O)c3c(C)ccc1c32. The Kier molecular flexibility index (Phi) is 2.65. The second kappa shape index (κ2) is 4.05. The second-order valence-electron chi connectivity index (χ2n) is 5.86. The molecule has 1 amide bonds. The van der Waals surface area contributed by atoms with Crippen molar-refractivity contribution in [1.29, 1.82) is 0 Å². The van der Waals surface area contributed by atoms with Crippen molar-refractivity contribution >= 4 is 23.0 Å². The van der Waals surface area contributed by atoms with Gasteiger partial charge < -0.3 is 0 Å². The van der Waals surface area contributed by atoms with Crippen molar-refractivity contribution in [2.24, 2.45) is 0 Å². The monoisotopic (exact) mass is 269 g/mol. The van der Waals surface area contributed by atoms with E-state index in [2.05, 4.69) is 19.9 Å². The van der Waals surface area contributed by atoms with Gasteiger partial charge in [-0.2, -0.15) is 0 Å². The van der Waals surface area contributed by atoms with Gasteiger partial charge in [0, 0.05) is 5.56 Å². The Bertz CT molecular complexity index is 672. The number of anilines is 1. The van der Waals surface area contributed by atoms with Crippen molar-refractivity contribution in [3.63, 3.8) is 0 Å². The highest BCUT2D eigenvalue weighted by atomic mass is 16.2. The zero-order chi connectivity index (χ0) is 14.7. The molecular weight excluding hydrogens is 250 g/mol. The fourth-order valence-electron chi connectivity index (χ4n) is 3.34. The van der Waals surface area contributed by atoms with E-state index in [0.717, 1.165) is 29.7 Å². The summed E-state index contributed by atoms with van der Waals surface area (Å²) in [7, 11) is 0. The van der Waals surface area contributed by atoms with Gasteiger partial charge in [-0.1, -0.05) is 32.1 Å². The molecule has 2 heterocycles. The zero-order valence-corrected chi connectivity index (χ0v) is 12.4. The van der Waals surface area contributed by atoms with Crippen LogP contribution >= 0.6 is 0 Å². The molecule has 104 valence electrons. The van der Waals surface area contributed by atoms with Gasteiger partial charge >= 0.3 is 0 Å². The smallest absolute Gasteiger partial charge is 0.295 e. The first-order chi connectivity index (χ1) is 9.44. The molecule has 2 aliphatic rings. The van der Waals surface area contributed by atoms with Gasteiger partial charge in [0.15, 0.2) is 0 Å². The van der Waals surface area contributed by atoms with Crippen LogP contribution in [-0.4, -0.2) is 17.2 Å². The van der Waals surface area contributed by atoms with Gasteiger partial charge in [-0.05, 0) is 37.8 Å². The fourth-order valence-corrected chi connectivity index (χ4v) is 3.34. The summed E-state index contributed by atoms with van der Waals surface area (Å²) in [5.74, 6) is -0.740. The molecule has 0 N–H and O–H groups in total. The number of aryl methyl sites for hydroxylation is 1. The minimum atomic E-state index is -0.399. The second-order valence-corrected chi connectivity index (χ2v) is 5.86. The highest BCUT2D eigenvalue weighted by Crippen LogP contribution is 2.47. The first-order valence-corrected chi connectivity index (χ1v) is 7.19. The van der Waals surface area contributed by atoms with E-state index in [9.17, 15) is 9.59 Å². The maximum Gasteiger partial charge on any atom is 0.300 e. The average molecular weight is 269 g/mol. The van der Waals surface area contributed by atoms with Gasteiger partial charge in [-0.15, -0.1) is 0 Å². The van der Waals surface area contributed by atoms with Crippen molar-refractivity contribution in [2.45, 2.75) is 46.1 Å². The van der Waals surface area contributed by atoms with Gasteiger partial charge in [0.25, 0.3) is 11.7 Å². The number of benzene rings is 1. The number of allylic oxidation sites excluding steroid dienone is 1. The molecule has 3 heteroatoms. The summed E-state index contributed by atoms with van der Waals surface area (Å²) in [6.07, 6.45) is 3.86. The number of carbonyl (C=O) groups is 2. The van der Waals surface area contributed by atoms with Gasteiger partial charge in [0.05, 0.1) is 16.8 Å².